The predicted octanol–water partition coefficient (Wildman–Crippen LogP) is -1.98. The number of aromatic nitrogens is 3. The topological polar surface area (TPSA) is 128 Å². The highest BCUT2D eigenvalue weighted by molar-refractivity contribution is 5.66. The van der Waals surface area contributed by atoms with Crippen molar-refractivity contribution in [3.05, 3.63) is 26.5 Å². The minimum absolute atomic E-state index is 0.0404. The fourth-order valence-corrected chi connectivity index (χ4v) is 0.894. The molecule has 0 saturated heterocycles. The highest BCUT2D eigenvalue weighted by Gasteiger charge is 2.02. The van der Waals surface area contributed by atoms with Crippen molar-refractivity contribution >= 4 is 5.97 Å². The van der Waals surface area contributed by atoms with Gasteiger partial charge in [-0.05, 0) is 0 Å². The van der Waals surface area contributed by atoms with E-state index in [0.29, 0.717) is 0 Å². The Bertz CT molecular complexity index is 449. The monoisotopic (exact) mass is 214 g/mol. The van der Waals surface area contributed by atoms with Crippen molar-refractivity contribution in [3.8, 4) is 0 Å². The smallest absolute Gasteiger partial charge is 0.342 e. The molecule has 0 fully saturated rings. The minimum atomic E-state index is -0.925. The largest absolute Gasteiger partial charge is 0.481 e. The van der Waals surface area contributed by atoms with Crippen molar-refractivity contribution in [1.82, 2.24) is 20.5 Å². The standard InChI is InChI=1S/C7H10N4O4/c12-5(13)1-2-8-3-4-6(14)9-7(15)11-10-4/h8H,1-3H2,(H,12,13)(H2,9,11,14,15). The molecule has 15 heavy (non-hydrogen) atoms. The van der Waals surface area contributed by atoms with Crippen LogP contribution in [-0.4, -0.2) is 32.8 Å². The summed E-state index contributed by atoms with van der Waals surface area (Å²) in [4.78, 5) is 33.8. The van der Waals surface area contributed by atoms with Crippen molar-refractivity contribution in [1.29, 1.82) is 0 Å². The molecule has 0 saturated carbocycles. The molecule has 4 N–H and O–H groups in total. The quantitative estimate of drug-likeness (QED) is 0.420. The van der Waals surface area contributed by atoms with Crippen molar-refractivity contribution in [2.24, 2.45) is 0 Å². The Labute approximate surface area is 83.3 Å². The molecule has 1 aromatic heterocycles. The maximum atomic E-state index is 11.1. The first-order valence-corrected chi connectivity index (χ1v) is 4.20. The summed E-state index contributed by atoms with van der Waals surface area (Å²) in [5.41, 5.74) is -1.14. The van der Waals surface area contributed by atoms with Crippen molar-refractivity contribution in [2.75, 3.05) is 6.54 Å². The van der Waals surface area contributed by atoms with Gasteiger partial charge in [0.05, 0.1) is 6.42 Å². The van der Waals surface area contributed by atoms with Gasteiger partial charge in [-0.25, -0.2) is 9.89 Å². The first-order chi connectivity index (χ1) is 7.09. The molecule has 8 nitrogen and oxygen atoms in total. The first kappa shape index (κ1) is 11.1. The molecule has 0 aliphatic rings. The molecule has 0 unspecified atom stereocenters. The second-order valence-electron chi connectivity index (χ2n) is 2.77. The fraction of sp³-hybridized carbons (Fsp3) is 0.429. The molecule has 8 heteroatoms. The van der Waals surface area contributed by atoms with Crippen LogP contribution in [0.5, 0.6) is 0 Å². The van der Waals surface area contributed by atoms with Gasteiger partial charge in [0, 0.05) is 13.1 Å². The Morgan fingerprint density at radius 3 is 2.80 bits per heavy atom. The zero-order valence-electron chi connectivity index (χ0n) is 7.74. The van der Waals surface area contributed by atoms with E-state index in [0.717, 1.165) is 0 Å². The number of nitrogens with zero attached hydrogens (tertiary/aromatic N) is 1. The third kappa shape index (κ3) is 3.73. The van der Waals surface area contributed by atoms with Gasteiger partial charge in [0.15, 0.2) is 0 Å². The summed E-state index contributed by atoms with van der Waals surface area (Å²) in [6, 6.07) is 0. The summed E-state index contributed by atoms with van der Waals surface area (Å²) in [5, 5.41) is 16.6. The van der Waals surface area contributed by atoms with Gasteiger partial charge in [0.2, 0.25) is 0 Å². The van der Waals surface area contributed by atoms with Gasteiger partial charge in [-0.2, -0.15) is 5.10 Å². The zero-order chi connectivity index (χ0) is 11.3. The molecule has 82 valence electrons. The number of aromatic amines is 2. The number of nitrogens with one attached hydrogen (secondary N) is 3. The number of aliphatic carboxylic acids is 1. The van der Waals surface area contributed by atoms with Crippen LogP contribution in [0.25, 0.3) is 0 Å². The Morgan fingerprint density at radius 1 is 1.47 bits per heavy atom. The van der Waals surface area contributed by atoms with Crippen LogP contribution in [0.2, 0.25) is 0 Å². The molecule has 0 amide bonds. The van der Waals surface area contributed by atoms with E-state index in [1.165, 1.54) is 0 Å². The van der Waals surface area contributed by atoms with E-state index in [1.807, 2.05) is 4.98 Å². The first-order valence-electron chi connectivity index (χ1n) is 4.20. The summed E-state index contributed by atoms with van der Waals surface area (Å²) in [6.07, 6.45) is -0.0404. The molecular weight excluding hydrogens is 204 g/mol. The second-order valence-corrected chi connectivity index (χ2v) is 2.77. The van der Waals surface area contributed by atoms with Crippen LogP contribution in [0.15, 0.2) is 9.59 Å². The van der Waals surface area contributed by atoms with Gasteiger partial charge in [0.1, 0.15) is 5.69 Å². The van der Waals surface area contributed by atoms with Gasteiger partial charge in [-0.15, -0.1) is 0 Å². The SMILES string of the molecule is O=C(O)CCNCc1n[nH]c(=O)[nH]c1=O. The lowest BCUT2D eigenvalue weighted by Crippen LogP contribution is -2.30. The molecule has 0 aliphatic carbocycles. The highest BCUT2D eigenvalue weighted by Crippen LogP contribution is 1.80. The molecule has 1 rings (SSSR count). The van der Waals surface area contributed by atoms with Crippen LogP contribution in [0.1, 0.15) is 12.1 Å². The maximum Gasteiger partial charge on any atom is 0.342 e. The van der Waals surface area contributed by atoms with Crippen molar-refractivity contribution in [3.63, 3.8) is 0 Å². The van der Waals surface area contributed by atoms with E-state index in [4.69, 9.17) is 5.11 Å². The Balaban J connectivity index is 2.48. The van der Waals surface area contributed by atoms with Gasteiger partial charge < -0.3 is 10.4 Å². The molecule has 0 radical (unpaired) electrons. The third-order valence-electron chi connectivity index (χ3n) is 1.59. The summed E-state index contributed by atoms with van der Waals surface area (Å²) >= 11 is 0. The van der Waals surface area contributed by atoms with E-state index in [9.17, 15) is 14.4 Å². The molecule has 0 atom stereocenters. The second kappa shape index (κ2) is 5.05. The molecule has 0 aromatic carbocycles. The summed E-state index contributed by atoms with van der Waals surface area (Å²) < 4.78 is 0. The summed E-state index contributed by atoms with van der Waals surface area (Å²) in [5.74, 6) is -0.925. The Kier molecular flexibility index (Phi) is 3.75. The number of rotatable bonds is 5. The van der Waals surface area contributed by atoms with E-state index < -0.39 is 17.2 Å². The number of carboxylic acid groups (broad SMARTS) is 1. The van der Waals surface area contributed by atoms with Crippen LogP contribution in [0, 0.1) is 0 Å². The molecule has 1 heterocycles. The van der Waals surface area contributed by atoms with E-state index in [1.54, 1.807) is 0 Å². The number of H-pyrrole nitrogens is 2. The van der Waals surface area contributed by atoms with Gasteiger partial charge in [-0.1, -0.05) is 0 Å². The lowest BCUT2D eigenvalue weighted by molar-refractivity contribution is -0.136. The molecule has 0 bridgehead atoms. The number of hydrogen-bond donors (Lipinski definition) is 4. The predicted molar refractivity (Wildman–Crippen MR) is 49.4 cm³/mol. The number of carboxylic acids is 1. The molecule has 1 aromatic rings. The summed E-state index contributed by atoms with van der Waals surface area (Å²) in [7, 11) is 0. The fourth-order valence-electron chi connectivity index (χ4n) is 0.894. The minimum Gasteiger partial charge on any atom is -0.481 e. The summed E-state index contributed by atoms with van der Waals surface area (Å²) in [6.45, 7) is 0.342. The van der Waals surface area contributed by atoms with Gasteiger partial charge >= 0.3 is 11.7 Å². The average molecular weight is 214 g/mol. The Morgan fingerprint density at radius 2 is 2.20 bits per heavy atom. The van der Waals surface area contributed by atoms with Crippen LogP contribution >= 0.6 is 0 Å². The van der Waals surface area contributed by atoms with Crippen LogP contribution in [-0.2, 0) is 11.3 Å². The number of carbonyl (C=O) groups is 1. The Hall–Kier alpha value is -1.96. The zero-order valence-corrected chi connectivity index (χ0v) is 7.74. The molecule has 0 aliphatic heterocycles. The van der Waals surface area contributed by atoms with E-state index in [2.05, 4.69) is 15.5 Å². The molecular formula is C7H10N4O4. The average Bonchev–Trinajstić information content (AvgIpc) is 2.14. The van der Waals surface area contributed by atoms with Crippen LogP contribution in [0.4, 0.5) is 0 Å². The lowest BCUT2D eigenvalue weighted by Gasteiger charge is -1.99. The van der Waals surface area contributed by atoms with E-state index >= 15 is 0 Å². The van der Waals surface area contributed by atoms with E-state index in [-0.39, 0.29) is 25.2 Å². The highest BCUT2D eigenvalue weighted by atomic mass is 16.4. The third-order valence-corrected chi connectivity index (χ3v) is 1.59. The van der Waals surface area contributed by atoms with Crippen molar-refractivity contribution in [2.45, 2.75) is 13.0 Å². The normalized spacial score (nSPS) is 10.1. The number of hydrogen-bond acceptors (Lipinski definition) is 5. The van der Waals surface area contributed by atoms with Crippen LogP contribution in [0.3, 0.4) is 0 Å². The van der Waals surface area contributed by atoms with Crippen LogP contribution < -0.4 is 16.6 Å². The van der Waals surface area contributed by atoms with Gasteiger partial charge in [0.25, 0.3) is 5.56 Å². The maximum absolute atomic E-state index is 11.1. The van der Waals surface area contributed by atoms with Gasteiger partial charge in [-0.3, -0.25) is 14.6 Å². The molecule has 0 spiro atoms. The lowest BCUT2D eigenvalue weighted by atomic mass is 10.4. The van der Waals surface area contributed by atoms with Crippen molar-refractivity contribution < 1.29 is 9.90 Å².